The predicted molar refractivity (Wildman–Crippen MR) is 125 cm³/mol. The van der Waals surface area contributed by atoms with Crippen molar-refractivity contribution in [1.29, 1.82) is 0 Å². The topological polar surface area (TPSA) is 86.7 Å². The molecule has 33 heavy (non-hydrogen) atoms. The first-order valence-corrected chi connectivity index (χ1v) is 12.1. The molecule has 0 saturated carbocycles. The summed E-state index contributed by atoms with van der Waals surface area (Å²) in [5.41, 5.74) is 3.04. The van der Waals surface area contributed by atoms with Gasteiger partial charge in [0.15, 0.2) is 9.84 Å². The van der Waals surface area contributed by atoms with Crippen molar-refractivity contribution in [2.45, 2.75) is 44.1 Å². The van der Waals surface area contributed by atoms with Crippen LogP contribution in [-0.2, 0) is 31.7 Å². The van der Waals surface area contributed by atoms with E-state index >= 15 is 0 Å². The van der Waals surface area contributed by atoms with E-state index in [1.165, 1.54) is 0 Å². The van der Waals surface area contributed by atoms with Crippen LogP contribution >= 0.6 is 0 Å². The average Bonchev–Trinajstić information content (AvgIpc) is 2.78. The van der Waals surface area contributed by atoms with Gasteiger partial charge in [-0.05, 0) is 68.3 Å². The number of esters is 2. The number of ether oxygens (including phenoxy) is 2. The van der Waals surface area contributed by atoms with Gasteiger partial charge in [0.2, 0.25) is 0 Å². The molecule has 0 fully saturated rings. The summed E-state index contributed by atoms with van der Waals surface area (Å²) < 4.78 is 35.6. The fourth-order valence-electron chi connectivity index (χ4n) is 3.04. The van der Waals surface area contributed by atoms with Crippen molar-refractivity contribution in [3.05, 3.63) is 101 Å². The summed E-state index contributed by atoms with van der Waals surface area (Å²) in [6, 6.07) is 19.7. The molecule has 3 rings (SSSR count). The highest BCUT2D eigenvalue weighted by Crippen LogP contribution is 2.18. The molecule has 0 amide bonds. The molecule has 0 heterocycles. The Labute approximate surface area is 194 Å². The van der Waals surface area contributed by atoms with E-state index in [2.05, 4.69) is 0 Å². The minimum absolute atomic E-state index is 0.0435. The number of carbonyl (C=O) groups excluding carboxylic acids is 2. The molecule has 0 saturated heterocycles. The van der Waals surface area contributed by atoms with E-state index in [0.717, 1.165) is 11.1 Å². The van der Waals surface area contributed by atoms with Gasteiger partial charge in [0.25, 0.3) is 0 Å². The maximum Gasteiger partial charge on any atom is 0.338 e. The second-order valence-corrected chi connectivity index (χ2v) is 9.99. The normalized spacial score (nSPS) is 11.3. The quantitative estimate of drug-likeness (QED) is 0.439. The summed E-state index contributed by atoms with van der Waals surface area (Å²) in [7, 11) is -3.48. The summed E-state index contributed by atoms with van der Waals surface area (Å²) in [5.74, 6) is -1.08. The molecule has 0 atom stereocenters. The Bertz CT molecular complexity index is 1210. The molecule has 0 radical (unpaired) electrons. The van der Waals surface area contributed by atoms with Crippen LogP contribution in [0.2, 0.25) is 0 Å². The van der Waals surface area contributed by atoms with E-state index in [0.29, 0.717) is 16.7 Å². The Morgan fingerprint density at radius 3 is 1.82 bits per heavy atom. The standard InChI is InChI=1S/C26H26O6S/c1-18(2)32-26(28)23-10-6-20(7-11-23)16-31-25(27)22-12-8-21(9-13-22)17-33(29,30)24-14-4-19(3)5-15-24/h4-15,18H,16-17H2,1-3H3. The lowest BCUT2D eigenvalue weighted by molar-refractivity contribution is 0.0376. The molecule has 0 bridgehead atoms. The zero-order chi connectivity index (χ0) is 24.0. The van der Waals surface area contributed by atoms with Crippen LogP contribution in [0.5, 0.6) is 0 Å². The van der Waals surface area contributed by atoms with Crippen LogP contribution in [0.4, 0.5) is 0 Å². The summed E-state index contributed by atoms with van der Waals surface area (Å²) in [6.45, 7) is 5.50. The van der Waals surface area contributed by atoms with Gasteiger partial charge in [-0.2, -0.15) is 0 Å². The number of aryl methyl sites for hydroxylation is 1. The smallest absolute Gasteiger partial charge is 0.338 e. The van der Waals surface area contributed by atoms with Crippen molar-refractivity contribution in [2.75, 3.05) is 0 Å². The Hall–Kier alpha value is -3.45. The zero-order valence-corrected chi connectivity index (χ0v) is 19.6. The van der Waals surface area contributed by atoms with Crippen LogP contribution in [0.3, 0.4) is 0 Å². The van der Waals surface area contributed by atoms with Crippen LogP contribution in [0.15, 0.2) is 77.7 Å². The molecular weight excluding hydrogens is 440 g/mol. The molecular formula is C26H26O6S. The van der Waals surface area contributed by atoms with E-state index in [9.17, 15) is 18.0 Å². The van der Waals surface area contributed by atoms with Crippen molar-refractivity contribution in [3.63, 3.8) is 0 Å². The minimum Gasteiger partial charge on any atom is -0.459 e. The van der Waals surface area contributed by atoms with Gasteiger partial charge in [-0.25, -0.2) is 18.0 Å². The number of carbonyl (C=O) groups is 2. The van der Waals surface area contributed by atoms with Crippen molar-refractivity contribution in [2.24, 2.45) is 0 Å². The average molecular weight is 467 g/mol. The number of hydrogen-bond acceptors (Lipinski definition) is 6. The lowest BCUT2D eigenvalue weighted by Gasteiger charge is -2.09. The molecule has 6 nitrogen and oxygen atoms in total. The molecule has 3 aromatic rings. The van der Waals surface area contributed by atoms with Crippen LogP contribution in [-0.4, -0.2) is 26.5 Å². The van der Waals surface area contributed by atoms with Gasteiger partial charge in [0.1, 0.15) is 6.61 Å². The Kier molecular flexibility index (Phi) is 7.66. The fraction of sp³-hybridized carbons (Fsp3) is 0.231. The highest BCUT2D eigenvalue weighted by molar-refractivity contribution is 7.90. The maximum atomic E-state index is 12.6. The number of rotatable bonds is 8. The number of benzene rings is 3. The van der Waals surface area contributed by atoms with E-state index < -0.39 is 21.8 Å². The Morgan fingerprint density at radius 1 is 0.758 bits per heavy atom. The van der Waals surface area contributed by atoms with Crippen molar-refractivity contribution in [1.82, 2.24) is 0 Å². The molecule has 0 unspecified atom stereocenters. The minimum atomic E-state index is -3.48. The van der Waals surface area contributed by atoms with Gasteiger partial charge in [-0.15, -0.1) is 0 Å². The molecule has 172 valence electrons. The van der Waals surface area contributed by atoms with E-state index in [-0.39, 0.29) is 23.4 Å². The third kappa shape index (κ3) is 6.76. The molecule has 0 aliphatic carbocycles. The summed E-state index contributed by atoms with van der Waals surface area (Å²) in [6.07, 6.45) is -0.202. The van der Waals surface area contributed by atoms with Crippen LogP contribution in [0.1, 0.15) is 51.3 Å². The van der Waals surface area contributed by atoms with E-state index in [4.69, 9.17) is 9.47 Å². The van der Waals surface area contributed by atoms with Crippen molar-refractivity contribution in [3.8, 4) is 0 Å². The van der Waals surface area contributed by atoms with Gasteiger partial charge in [0, 0.05) is 0 Å². The lowest BCUT2D eigenvalue weighted by atomic mass is 10.1. The molecule has 0 aliphatic heterocycles. The molecule has 0 N–H and O–H groups in total. The van der Waals surface area contributed by atoms with Crippen LogP contribution in [0.25, 0.3) is 0 Å². The number of sulfone groups is 1. The Morgan fingerprint density at radius 2 is 1.27 bits per heavy atom. The highest BCUT2D eigenvalue weighted by Gasteiger charge is 2.16. The number of hydrogen-bond donors (Lipinski definition) is 0. The van der Waals surface area contributed by atoms with Crippen molar-refractivity contribution >= 4 is 21.8 Å². The third-order valence-corrected chi connectivity index (χ3v) is 6.53. The first-order chi connectivity index (χ1) is 15.6. The van der Waals surface area contributed by atoms with Crippen LogP contribution in [0, 0.1) is 6.92 Å². The van der Waals surface area contributed by atoms with Gasteiger partial charge in [-0.1, -0.05) is 42.0 Å². The molecule has 7 heteroatoms. The van der Waals surface area contributed by atoms with E-state index in [1.807, 2.05) is 6.92 Å². The summed E-state index contributed by atoms with van der Waals surface area (Å²) in [4.78, 5) is 24.5. The molecule has 0 aromatic heterocycles. The first-order valence-electron chi connectivity index (χ1n) is 10.5. The monoisotopic (exact) mass is 466 g/mol. The molecule has 3 aromatic carbocycles. The second-order valence-electron chi connectivity index (χ2n) is 8.00. The highest BCUT2D eigenvalue weighted by atomic mass is 32.2. The Balaban J connectivity index is 1.57. The van der Waals surface area contributed by atoms with Gasteiger partial charge >= 0.3 is 11.9 Å². The third-order valence-electron chi connectivity index (χ3n) is 4.83. The largest absolute Gasteiger partial charge is 0.459 e. The maximum absolute atomic E-state index is 12.6. The summed E-state index contributed by atoms with van der Waals surface area (Å²) >= 11 is 0. The van der Waals surface area contributed by atoms with Gasteiger partial charge in [0.05, 0.1) is 27.9 Å². The molecule has 0 spiro atoms. The SMILES string of the molecule is Cc1ccc(S(=O)(=O)Cc2ccc(C(=O)OCc3ccc(C(=O)OC(C)C)cc3)cc2)cc1. The van der Waals surface area contributed by atoms with Gasteiger partial charge in [-0.3, -0.25) is 0 Å². The van der Waals surface area contributed by atoms with Crippen LogP contribution < -0.4 is 0 Å². The van der Waals surface area contributed by atoms with Crippen molar-refractivity contribution < 1.29 is 27.5 Å². The lowest BCUT2D eigenvalue weighted by Crippen LogP contribution is -2.11. The fourth-order valence-corrected chi connectivity index (χ4v) is 4.39. The van der Waals surface area contributed by atoms with Gasteiger partial charge < -0.3 is 9.47 Å². The summed E-state index contributed by atoms with van der Waals surface area (Å²) in [5, 5.41) is 0. The zero-order valence-electron chi connectivity index (χ0n) is 18.8. The predicted octanol–water partition coefficient (Wildman–Crippen LogP) is 4.89. The molecule has 0 aliphatic rings. The second kappa shape index (κ2) is 10.4. The first kappa shape index (κ1) is 24.2. The van der Waals surface area contributed by atoms with E-state index in [1.54, 1.807) is 86.6 Å².